The van der Waals surface area contributed by atoms with Crippen molar-refractivity contribution in [2.75, 3.05) is 23.0 Å². The van der Waals surface area contributed by atoms with Crippen molar-refractivity contribution < 1.29 is 61.4 Å². The van der Waals surface area contributed by atoms with Crippen molar-refractivity contribution >= 4 is 88.8 Å². The van der Waals surface area contributed by atoms with Crippen LogP contribution in [-0.2, 0) is 31.1 Å². The topological polar surface area (TPSA) is 92.0 Å². The number of anilines is 1. The molecule has 0 radical (unpaired) electrons. The third-order valence-corrected chi connectivity index (χ3v) is 10.8. The van der Waals surface area contributed by atoms with Gasteiger partial charge in [0.2, 0.25) is 5.52 Å². The van der Waals surface area contributed by atoms with Crippen LogP contribution in [0.4, 0.5) is 5.69 Å². The van der Waals surface area contributed by atoms with Gasteiger partial charge in [0, 0.05) is 46.5 Å². The normalized spacial score (nSPS) is 14.5. The molecular formula is C33H32N2NaO6S4+. The Morgan fingerprint density at radius 1 is 1.00 bits per heavy atom. The molecule has 0 fully saturated rings. The molecule has 1 aliphatic heterocycles. The molecular weight excluding hydrogens is 672 g/mol. The number of thioether (sulfide) groups is 1. The predicted molar refractivity (Wildman–Crippen MR) is 184 cm³/mol. The number of nitrogens with zero attached hydrogens (tertiary/aromatic N) is 2. The molecule has 6 rings (SSSR count). The summed E-state index contributed by atoms with van der Waals surface area (Å²) in [5, 5.41) is 11.4. The van der Waals surface area contributed by atoms with Gasteiger partial charge in [-0.1, -0.05) is 91.5 Å². The molecule has 0 amide bonds. The number of thiazole rings is 1. The first-order valence-electron chi connectivity index (χ1n) is 14.6. The fourth-order valence-corrected chi connectivity index (χ4v) is 8.42. The Morgan fingerprint density at radius 2 is 1.72 bits per heavy atom. The maximum atomic E-state index is 11.5. The fraction of sp³-hybridized carbons (Fsp3) is 0.242. The van der Waals surface area contributed by atoms with Crippen LogP contribution < -0.4 is 39.0 Å². The smallest absolute Gasteiger partial charge is 0.748 e. The summed E-state index contributed by atoms with van der Waals surface area (Å²) in [5.74, 6) is 0.322. The number of aromatic nitrogens is 1. The van der Waals surface area contributed by atoms with Crippen LogP contribution >= 0.6 is 35.1 Å². The van der Waals surface area contributed by atoms with Crippen LogP contribution in [0.3, 0.4) is 0 Å². The number of rotatable bonds is 13. The Labute approximate surface area is 303 Å². The largest absolute Gasteiger partial charge is 1.00 e. The van der Waals surface area contributed by atoms with E-state index in [0.29, 0.717) is 6.54 Å². The van der Waals surface area contributed by atoms with Gasteiger partial charge in [0.1, 0.15) is 4.70 Å². The van der Waals surface area contributed by atoms with Crippen LogP contribution in [0.5, 0.6) is 0 Å². The standard InChI is InChI=1S/C33H32N2O6S4.Na/c1-3-23(20-30-34(18-9-19-45(36,37)38)32-26-12-7-5-10-24(26)14-16-28(32)43-30)21-31-35(22-39-40-41-42-4-2)33-27-13-8-6-11-25(27)15-17-29(33)44-31;/h5-8,10-17,20-21H,3-4,9,18-19,22H2,1-2H3;/q;+1. The van der Waals surface area contributed by atoms with E-state index in [1.807, 2.05) is 31.2 Å². The van der Waals surface area contributed by atoms with Crippen LogP contribution in [-0.4, -0.2) is 31.0 Å². The number of allylic oxidation sites excluding steroid dienone is 2. The Morgan fingerprint density at radius 3 is 2.46 bits per heavy atom. The molecule has 0 aliphatic carbocycles. The van der Waals surface area contributed by atoms with Gasteiger partial charge in [-0.25, -0.2) is 8.42 Å². The van der Waals surface area contributed by atoms with E-state index in [-0.39, 0.29) is 42.7 Å². The molecule has 5 aromatic rings. The molecule has 234 valence electrons. The summed E-state index contributed by atoms with van der Waals surface area (Å²) in [4.78, 5) is 8.75. The Balaban J connectivity index is 0.00000417. The van der Waals surface area contributed by atoms with E-state index in [4.69, 9.17) is 14.3 Å². The summed E-state index contributed by atoms with van der Waals surface area (Å²) in [7, 11) is -4.32. The molecule has 46 heavy (non-hydrogen) atoms. The average Bonchev–Trinajstić information content (AvgIpc) is 3.57. The zero-order chi connectivity index (χ0) is 31.4. The quantitative estimate of drug-likeness (QED) is 0.0313. The predicted octanol–water partition coefficient (Wildman–Crippen LogP) is 5.19. The van der Waals surface area contributed by atoms with Crippen molar-refractivity contribution in [2.24, 2.45) is 0 Å². The molecule has 8 nitrogen and oxygen atoms in total. The SMILES string of the molecule is CCSOOOC[n+]1c(C=C(C=C2Sc3ccc4ccccc4c3N2CCCS(=O)(=O)[O-])CC)sc2ccc3ccccc3c21.[Na+]. The zero-order valence-corrected chi connectivity index (χ0v) is 31.1. The van der Waals surface area contributed by atoms with Crippen molar-refractivity contribution in [3.63, 3.8) is 0 Å². The summed E-state index contributed by atoms with van der Waals surface area (Å²) in [5.41, 5.74) is 3.18. The molecule has 0 bridgehead atoms. The maximum Gasteiger partial charge on any atom is 1.00 e. The molecule has 13 heteroatoms. The van der Waals surface area contributed by atoms with E-state index in [2.05, 4.69) is 77.1 Å². The van der Waals surface area contributed by atoms with E-state index < -0.39 is 15.9 Å². The van der Waals surface area contributed by atoms with E-state index in [1.165, 1.54) is 0 Å². The monoisotopic (exact) mass is 703 g/mol. The molecule has 0 atom stereocenters. The molecule has 0 spiro atoms. The van der Waals surface area contributed by atoms with Gasteiger partial charge < -0.3 is 9.45 Å². The molecule has 0 N–H and O–H groups in total. The number of fused-ring (bicyclic) bond motifs is 6. The summed E-state index contributed by atoms with van der Waals surface area (Å²) < 4.78 is 42.6. The molecule has 1 aromatic heterocycles. The van der Waals surface area contributed by atoms with Crippen molar-refractivity contribution in [3.8, 4) is 0 Å². The van der Waals surface area contributed by atoms with Crippen LogP contribution in [0.15, 0.2) is 94.4 Å². The third kappa shape index (κ3) is 8.01. The molecule has 0 saturated carbocycles. The first kappa shape index (κ1) is 35.4. The molecule has 1 aliphatic rings. The minimum Gasteiger partial charge on any atom is -0.748 e. The van der Waals surface area contributed by atoms with Gasteiger partial charge in [-0.2, -0.15) is 4.57 Å². The zero-order valence-electron chi connectivity index (χ0n) is 25.8. The molecule has 0 unspecified atom stereocenters. The van der Waals surface area contributed by atoms with Crippen molar-refractivity contribution in [2.45, 2.75) is 38.3 Å². The van der Waals surface area contributed by atoms with Crippen LogP contribution in [0, 0.1) is 0 Å². The Bertz CT molecular complexity index is 2030. The second-order valence-corrected chi connectivity index (χ2v) is 14.9. The van der Waals surface area contributed by atoms with Gasteiger partial charge in [0.15, 0.2) is 0 Å². The van der Waals surface area contributed by atoms with Crippen molar-refractivity contribution in [1.82, 2.24) is 0 Å². The summed E-state index contributed by atoms with van der Waals surface area (Å²) in [6.45, 7) is 4.61. The first-order chi connectivity index (χ1) is 21.9. The van der Waals surface area contributed by atoms with Crippen LogP contribution in [0.25, 0.3) is 37.8 Å². The molecule has 4 aromatic carbocycles. The fourth-order valence-electron chi connectivity index (χ4n) is 5.44. The van der Waals surface area contributed by atoms with Gasteiger partial charge in [0.05, 0.1) is 26.2 Å². The molecule has 2 heterocycles. The summed E-state index contributed by atoms with van der Waals surface area (Å²) in [6.07, 6.45) is 5.32. The van der Waals surface area contributed by atoms with E-state index in [0.717, 1.165) is 82.2 Å². The van der Waals surface area contributed by atoms with E-state index in [1.54, 1.807) is 23.1 Å². The Kier molecular flexibility index (Phi) is 12.3. The van der Waals surface area contributed by atoms with Crippen molar-refractivity contribution in [3.05, 3.63) is 94.5 Å². The summed E-state index contributed by atoms with van der Waals surface area (Å²) in [6, 6.07) is 24.9. The second kappa shape index (κ2) is 16.0. The number of hydrogen-bond donors (Lipinski definition) is 0. The van der Waals surface area contributed by atoms with E-state index >= 15 is 0 Å². The van der Waals surface area contributed by atoms with Gasteiger partial charge in [-0.15, -0.1) is 9.22 Å². The van der Waals surface area contributed by atoms with Gasteiger partial charge in [0.25, 0.3) is 11.7 Å². The average molecular weight is 704 g/mol. The van der Waals surface area contributed by atoms with Gasteiger partial charge >= 0.3 is 29.6 Å². The van der Waals surface area contributed by atoms with Crippen molar-refractivity contribution in [1.29, 1.82) is 0 Å². The van der Waals surface area contributed by atoms with Crippen LogP contribution in [0.2, 0.25) is 0 Å². The minimum atomic E-state index is -4.32. The third-order valence-electron chi connectivity index (χ3n) is 7.45. The molecule has 0 saturated heterocycles. The first-order valence-corrected chi connectivity index (χ1v) is 18.7. The second-order valence-electron chi connectivity index (χ2n) is 10.3. The van der Waals surface area contributed by atoms with Gasteiger partial charge in [-0.05, 0) is 58.5 Å². The number of hydrogen-bond acceptors (Lipinski definition) is 10. The van der Waals surface area contributed by atoms with Gasteiger partial charge in [-0.3, -0.25) is 0 Å². The number of benzene rings is 4. The van der Waals surface area contributed by atoms with E-state index in [9.17, 15) is 13.0 Å². The maximum absolute atomic E-state index is 11.5. The summed E-state index contributed by atoms with van der Waals surface area (Å²) >= 11 is 4.48. The Hall–Kier alpha value is -1.94. The minimum absolute atomic E-state index is 0. The van der Waals surface area contributed by atoms with Crippen LogP contribution in [0.1, 0.15) is 31.7 Å².